The van der Waals surface area contributed by atoms with Crippen LogP contribution in [0, 0.1) is 0 Å². The highest BCUT2D eigenvalue weighted by molar-refractivity contribution is 7.17. The summed E-state index contributed by atoms with van der Waals surface area (Å²) >= 11 is 1.43. The highest BCUT2D eigenvalue weighted by atomic mass is 32.1. The van der Waals surface area contributed by atoms with E-state index in [0.717, 1.165) is 23.9 Å². The average Bonchev–Trinajstić information content (AvgIpc) is 3.40. The fraction of sp³-hybridized carbons (Fsp3) is 0.364. The molecule has 0 bridgehead atoms. The molecule has 4 aromatic rings. The number of unbranched alkanes of at least 4 members (excludes halogenated alkanes) is 1. The van der Waals surface area contributed by atoms with Crippen molar-refractivity contribution >= 4 is 33.2 Å². The highest BCUT2D eigenvalue weighted by Crippen LogP contribution is 2.20. The molecule has 3 heterocycles. The van der Waals surface area contributed by atoms with Crippen LogP contribution in [0.1, 0.15) is 50.5 Å². The second-order valence-electron chi connectivity index (χ2n) is 7.40. The molecule has 0 saturated heterocycles. The van der Waals surface area contributed by atoms with Gasteiger partial charge in [-0.25, -0.2) is 0 Å². The third kappa shape index (κ3) is 3.87. The predicted octanol–water partition coefficient (Wildman–Crippen LogP) is 3.72. The maximum Gasteiger partial charge on any atom is 0.272 e. The highest BCUT2D eigenvalue weighted by Gasteiger charge is 2.18. The molecule has 0 unspecified atom stereocenters. The second kappa shape index (κ2) is 8.79. The quantitative estimate of drug-likeness (QED) is 0.468. The minimum Gasteiger partial charge on any atom is -0.350 e. The largest absolute Gasteiger partial charge is 0.350 e. The van der Waals surface area contributed by atoms with Crippen molar-refractivity contribution in [2.45, 2.75) is 52.1 Å². The number of hydrogen-bond acceptors (Lipinski definition) is 5. The van der Waals surface area contributed by atoms with Crippen LogP contribution in [0.4, 0.5) is 0 Å². The molecule has 7 nitrogen and oxygen atoms in total. The van der Waals surface area contributed by atoms with E-state index < -0.39 is 0 Å². The number of fused-ring (bicyclic) bond motifs is 3. The summed E-state index contributed by atoms with van der Waals surface area (Å²) in [6, 6.07) is 11.7. The average molecular weight is 424 g/mol. The zero-order valence-corrected chi connectivity index (χ0v) is 18.0. The van der Waals surface area contributed by atoms with Crippen LogP contribution in [0.5, 0.6) is 0 Å². The van der Waals surface area contributed by atoms with Crippen LogP contribution >= 0.6 is 11.3 Å². The number of nitrogens with one attached hydrogen (secondary N) is 1. The Bertz CT molecular complexity index is 1230. The van der Waals surface area contributed by atoms with Gasteiger partial charge in [0.15, 0.2) is 0 Å². The maximum absolute atomic E-state index is 12.9. The standard InChI is InChI=1S/C22H25N5O2S/c1-3-4-13-26-21(29)20-17(12-14-30-20)27-18(24-25-22(26)27)10-11-19(28)23-15(2)16-8-6-5-7-9-16/h5-9,12,14-15H,3-4,10-11,13H2,1-2H3,(H,23,28)/t15-/m0/s1. The Balaban J connectivity index is 1.57. The maximum atomic E-state index is 12.9. The third-order valence-electron chi connectivity index (χ3n) is 5.27. The van der Waals surface area contributed by atoms with Crippen molar-refractivity contribution < 1.29 is 4.79 Å². The Morgan fingerprint density at radius 1 is 1.20 bits per heavy atom. The van der Waals surface area contributed by atoms with E-state index in [1.165, 1.54) is 11.3 Å². The van der Waals surface area contributed by atoms with E-state index in [0.29, 0.717) is 35.7 Å². The third-order valence-corrected chi connectivity index (χ3v) is 6.16. The molecular weight excluding hydrogens is 398 g/mol. The molecule has 0 fully saturated rings. The lowest BCUT2D eigenvalue weighted by molar-refractivity contribution is -0.121. The van der Waals surface area contributed by atoms with Crippen LogP contribution in [-0.4, -0.2) is 25.1 Å². The van der Waals surface area contributed by atoms with Gasteiger partial charge in [-0.3, -0.25) is 18.6 Å². The van der Waals surface area contributed by atoms with Crippen molar-refractivity contribution in [2.75, 3.05) is 0 Å². The molecule has 0 spiro atoms. The Labute approximate surface area is 178 Å². The van der Waals surface area contributed by atoms with Crippen molar-refractivity contribution in [3.63, 3.8) is 0 Å². The van der Waals surface area contributed by atoms with Crippen LogP contribution < -0.4 is 10.9 Å². The fourth-order valence-corrected chi connectivity index (χ4v) is 4.45. The molecule has 8 heteroatoms. The van der Waals surface area contributed by atoms with Gasteiger partial charge < -0.3 is 5.32 Å². The van der Waals surface area contributed by atoms with E-state index >= 15 is 0 Å². The van der Waals surface area contributed by atoms with Crippen molar-refractivity contribution in [3.8, 4) is 0 Å². The molecule has 1 atom stereocenters. The summed E-state index contributed by atoms with van der Waals surface area (Å²) in [6.45, 7) is 4.68. The fourth-order valence-electron chi connectivity index (χ4n) is 3.62. The van der Waals surface area contributed by atoms with E-state index in [2.05, 4.69) is 22.4 Å². The van der Waals surface area contributed by atoms with Gasteiger partial charge in [-0.1, -0.05) is 43.7 Å². The number of aryl methyl sites for hydroxylation is 2. The molecule has 0 aliphatic rings. The van der Waals surface area contributed by atoms with E-state index in [9.17, 15) is 9.59 Å². The molecular formula is C22H25N5O2S. The molecule has 1 amide bonds. The summed E-state index contributed by atoms with van der Waals surface area (Å²) in [7, 11) is 0. The Morgan fingerprint density at radius 3 is 2.77 bits per heavy atom. The molecule has 30 heavy (non-hydrogen) atoms. The smallest absolute Gasteiger partial charge is 0.272 e. The summed E-state index contributed by atoms with van der Waals surface area (Å²) in [5, 5.41) is 13.6. The number of benzene rings is 1. The van der Waals surface area contributed by atoms with Gasteiger partial charge >= 0.3 is 0 Å². The number of amides is 1. The SMILES string of the molecule is CCCCn1c(=O)c2sccc2n2c(CCC(=O)N[C@@H](C)c3ccccc3)nnc12. The van der Waals surface area contributed by atoms with Crippen molar-refractivity contribution in [1.29, 1.82) is 0 Å². The molecule has 3 aromatic heterocycles. The number of hydrogen-bond donors (Lipinski definition) is 1. The Morgan fingerprint density at radius 2 is 2.00 bits per heavy atom. The zero-order valence-electron chi connectivity index (χ0n) is 17.2. The van der Waals surface area contributed by atoms with Crippen molar-refractivity contribution in [3.05, 3.63) is 63.5 Å². The van der Waals surface area contributed by atoms with Gasteiger partial charge in [-0.05, 0) is 30.4 Å². The van der Waals surface area contributed by atoms with E-state index in [-0.39, 0.29) is 17.5 Å². The van der Waals surface area contributed by atoms with Crippen LogP contribution in [0.15, 0.2) is 46.6 Å². The number of carbonyl (C=O) groups excluding carboxylic acids is 1. The lowest BCUT2D eigenvalue weighted by Crippen LogP contribution is -2.27. The van der Waals surface area contributed by atoms with Gasteiger partial charge in [-0.2, -0.15) is 0 Å². The van der Waals surface area contributed by atoms with E-state index in [4.69, 9.17) is 0 Å². The van der Waals surface area contributed by atoms with Crippen LogP contribution in [-0.2, 0) is 17.8 Å². The Kier molecular flexibility index (Phi) is 5.94. The number of carbonyl (C=O) groups is 1. The molecule has 4 rings (SSSR count). The zero-order chi connectivity index (χ0) is 21.1. The molecule has 0 radical (unpaired) electrons. The number of rotatable bonds is 8. The van der Waals surface area contributed by atoms with Crippen molar-refractivity contribution in [2.24, 2.45) is 0 Å². The molecule has 0 saturated carbocycles. The summed E-state index contributed by atoms with van der Waals surface area (Å²) in [5.41, 5.74) is 1.86. The van der Waals surface area contributed by atoms with Gasteiger partial charge in [0, 0.05) is 19.4 Å². The first-order valence-corrected chi connectivity index (χ1v) is 11.2. The van der Waals surface area contributed by atoms with Crippen LogP contribution in [0.3, 0.4) is 0 Å². The predicted molar refractivity (Wildman–Crippen MR) is 119 cm³/mol. The molecule has 1 N–H and O–H groups in total. The lowest BCUT2D eigenvalue weighted by atomic mass is 10.1. The molecule has 0 aliphatic heterocycles. The topological polar surface area (TPSA) is 81.3 Å². The van der Waals surface area contributed by atoms with Crippen LogP contribution in [0.2, 0.25) is 0 Å². The summed E-state index contributed by atoms with van der Waals surface area (Å²) in [4.78, 5) is 25.4. The normalized spacial score (nSPS) is 12.5. The van der Waals surface area contributed by atoms with E-state index in [1.807, 2.05) is 53.1 Å². The molecule has 0 aliphatic carbocycles. The van der Waals surface area contributed by atoms with Gasteiger partial charge in [-0.15, -0.1) is 21.5 Å². The van der Waals surface area contributed by atoms with Gasteiger partial charge in [0.1, 0.15) is 10.5 Å². The summed E-state index contributed by atoms with van der Waals surface area (Å²) < 4.78 is 4.33. The number of nitrogens with zero attached hydrogens (tertiary/aromatic N) is 4. The monoisotopic (exact) mass is 423 g/mol. The number of thiophene rings is 1. The second-order valence-corrected chi connectivity index (χ2v) is 8.31. The van der Waals surface area contributed by atoms with Gasteiger partial charge in [0.25, 0.3) is 5.56 Å². The molecule has 1 aromatic carbocycles. The van der Waals surface area contributed by atoms with E-state index in [1.54, 1.807) is 4.57 Å². The Hall–Kier alpha value is -3.00. The first-order valence-electron chi connectivity index (χ1n) is 10.3. The molecule has 156 valence electrons. The lowest BCUT2D eigenvalue weighted by Gasteiger charge is -2.14. The van der Waals surface area contributed by atoms with Gasteiger partial charge in [0.2, 0.25) is 11.7 Å². The van der Waals surface area contributed by atoms with Crippen molar-refractivity contribution in [1.82, 2.24) is 24.5 Å². The first kappa shape index (κ1) is 20.3. The van der Waals surface area contributed by atoms with Crippen LogP contribution in [0.25, 0.3) is 16.0 Å². The summed E-state index contributed by atoms with van der Waals surface area (Å²) in [6.07, 6.45) is 2.64. The van der Waals surface area contributed by atoms with Gasteiger partial charge in [0.05, 0.1) is 11.6 Å². The number of aromatic nitrogens is 4. The summed E-state index contributed by atoms with van der Waals surface area (Å²) in [5.74, 6) is 1.21. The first-order chi connectivity index (χ1) is 14.6. The minimum atomic E-state index is -0.0587. The minimum absolute atomic E-state index is 0.0191.